The lowest BCUT2D eigenvalue weighted by atomic mass is 10.2. The van der Waals surface area contributed by atoms with Crippen molar-refractivity contribution in [3.05, 3.63) is 35.7 Å². The van der Waals surface area contributed by atoms with Gasteiger partial charge in [0.1, 0.15) is 5.82 Å². The Balaban J connectivity index is 1.86. The van der Waals surface area contributed by atoms with Crippen molar-refractivity contribution in [2.24, 2.45) is 0 Å². The number of nitrogens with zero attached hydrogens (tertiary/aromatic N) is 3. The second-order valence-electron chi connectivity index (χ2n) is 4.95. The maximum absolute atomic E-state index is 12.4. The van der Waals surface area contributed by atoms with Crippen molar-refractivity contribution in [3.63, 3.8) is 0 Å². The van der Waals surface area contributed by atoms with Gasteiger partial charge in [-0.25, -0.2) is 18.1 Å². The van der Waals surface area contributed by atoms with Crippen LogP contribution in [0.1, 0.15) is 17.4 Å². The number of benzene rings is 1. The summed E-state index contributed by atoms with van der Waals surface area (Å²) in [5, 5.41) is 5.10. The molecule has 1 aromatic carbocycles. The van der Waals surface area contributed by atoms with Gasteiger partial charge in [-0.3, -0.25) is 0 Å². The molecule has 3 rings (SSSR count). The Bertz CT molecular complexity index is 735. The molecule has 0 radical (unpaired) electrons. The van der Waals surface area contributed by atoms with Gasteiger partial charge in [-0.15, -0.1) is 0 Å². The van der Waals surface area contributed by atoms with Crippen LogP contribution in [0.15, 0.2) is 34.3 Å². The van der Waals surface area contributed by atoms with Crippen molar-refractivity contribution in [1.29, 1.82) is 0 Å². The molecular weight excluding hydrogens is 294 g/mol. The highest BCUT2D eigenvalue weighted by Gasteiger charge is 2.30. The van der Waals surface area contributed by atoms with Crippen LogP contribution in [-0.4, -0.2) is 34.7 Å². The van der Waals surface area contributed by atoms with E-state index in [4.69, 9.17) is 0 Å². The summed E-state index contributed by atoms with van der Waals surface area (Å²) < 4.78 is 26.6. The number of fused-ring (bicyclic) bond motifs is 1. The fourth-order valence-corrected chi connectivity index (χ4v) is 4.98. The van der Waals surface area contributed by atoms with E-state index >= 15 is 0 Å². The van der Waals surface area contributed by atoms with E-state index in [1.165, 1.54) is 0 Å². The van der Waals surface area contributed by atoms with Crippen LogP contribution < -0.4 is 0 Å². The zero-order valence-corrected chi connectivity index (χ0v) is 12.9. The molecule has 0 saturated carbocycles. The van der Waals surface area contributed by atoms with Crippen LogP contribution in [0, 0.1) is 13.8 Å². The highest BCUT2D eigenvalue weighted by atomic mass is 32.2. The monoisotopic (exact) mass is 309 g/mol. The van der Waals surface area contributed by atoms with E-state index in [0.29, 0.717) is 16.5 Å². The average Bonchev–Trinajstić information content (AvgIpc) is 2.91. The van der Waals surface area contributed by atoms with Gasteiger partial charge in [-0.2, -0.15) is 5.10 Å². The summed E-state index contributed by atoms with van der Waals surface area (Å²) in [6.07, 6.45) is 0. The Hall–Kier alpha value is -1.34. The summed E-state index contributed by atoms with van der Waals surface area (Å²) in [7, 11) is -3.30. The molecule has 0 saturated heterocycles. The molecule has 1 aromatic heterocycles. The number of aryl methyl sites for hydroxylation is 2. The van der Waals surface area contributed by atoms with E-state index in [0.717, 1.165) is 10.7 Å². The maximum Gasteiger partial charge on any atom is 0.186 e. The minimum absolute atomic E-state index is 0.0683. The van der Waals surface area contributed by atoms with Crippen LogP contribution in [0.2, 0.25) is 0 Å². The molecule has 5 nitrogen and oxygen atoms in total. The molecule has 0 aliphatic carbocycles. The third-order valence-corrected chi connectivity index (χ3v) is 6.15. The highest BCUT2D eigenvalue weighted by molar-refractivity contribution is 7.99. The number of aromatic nitrogens is 3. The van der Waals surface area contributed by atoms with Crippen LogP contribution in [-0.2, 0) is 9.84 Å². The predicted molar refractivity (Wildman–Crippen MR) is 77.8 cm³/mol. The lowest BCUT2D eigenvalue weighted by Gasteiger charge is -2.11. The zero-order chi connectivity index (χ0) is 14.3. The summed E-state index contributed by atoms with van der Waals surface area (Å²) in [4.78, 5) is 4.65. The highest BCUT2D eigenvalue weighted by Crippen LogP contribution is 2.33. The van der Waals surface area contributed by atoms with Crippen molar-refractivity contribution < 1.29 is 8.42 Å². The smallest absolute Gasteiger partial charge is 0.186 e. The van der Waals surface area contributed by atoms with E-state index in [9.17, 15) is 8.42 Å². The molecule has 2 aromatic rings. The summed E-state index contributed by atoms with van der Waals surface area (Å²) >= 11 is 1.56. The molecule has 20 heavy (non-hydrogen) atoms. The lowest BCUT2D eigenvalue weighted by Crippen LogP contribution is -2.20. The molecular formula is C13H15N3O2S2. The maximum atomic E-state index is 12.4. The van der Waals surface area contributed by atoms with Gasteiger partial charge in [0.2, 0.25) is 0 Å². The van der Waals surface area contributed by atoms with E-state index in [1.54, 1.807) is 28.6 Å². The van der Waals surface area contributed by atoms with Crippen molar-refractivity contribution in [2.45, 2.75) is 29.9 Å². The normalized spacial score (nSPS) is 18.2. The summed E-state index contributed by atoms with van der Waals surface area (Å²) in [5.41, 5.74) is 1.05. The van der Waals surface area contributed by atoms with Gasteiger partial charge in [-0.1, -0.05) is 29.5 Å². The molecule has 106 valence electrons. The molecule has 2 heterocycles. The predicted octanol–water partition coefficient (Wildman–Crippen LogP) is 2.02. The Morgan fingerprint density at radius 3 is 2.70 bits per heavy atom. The van der Waals surface area contributed by atoms with Crippen LogP contribution >= 0.6 is 11.8 Å². The average molecular weight is 309 g/mol. The van der Waals surface area contributed by atoms with Crippen LogP contribution in [0.25, 0.3) is 0 Å². The quantitative estimate of drug-likeness (QED) is 0.868. The van der Waals surface area contributed by atoms with Gasteiger partial charge in [0.15, 0.2) is 15.0 Å². The Morgan fingerprint density at radius 2 is 2.00 bits per heavy atom. The molecule has 0 amide bonds. The molecule has 1 unspecified atom stereocenters. The Kier molecular flexibility index (Phi) is 3.33. The van der Waals surface area contributed by atoms with E-state index in [-0.39, 0.29) is 11.8 Å². The Morgan fingerprint density at radius 1 is 1.30 bits per heavy atom. The summed E-state index contributed by atoms with van der Waals surface area (Å²) in [6, 6.07) is 6.84. The van der Waals surface area contributed by atoms with Crippen molar-refractivity contribution in [2.75, 3.05) is 11.5 Å². The molecule has 0 N–H and O–H groups in total. The van der Waals surface area contributed by atoms with Crippen molar-refractivity contribution in [3.8, 4) is 0 Å². The van der Waals surface area contributed by atoms with Gasteiger partial charge in [-0.05, 0) is 26.0 Å². The van der Waals surface area contributed by atoms with E-state index in [1.807, 2.05) is 26.0 Å². The number of rotatable bonds is 3. The minimum atomic E-state index is -3.30. The van der Waals surface area contributed by atoms with Gasteiger partial charge >= 0.3 is 0 Å². The molecule has 0 bridgehead atoms. The second kappa shape index (κ2) is 4.89. The second-order valence-corrected chi connectivity index (χ2v) is 7.97. The largest absolute Gasteiger partial charge is 0.235 e. The minimum Gasteiger partial charge on any atom is -0.235 e. The molecule has 0 spiro atoms. The van der Waals surface area contributed by atoms with Gasteiger partial charge in [0.25, 0.3) is 0 Å². The first-order valence-corrected chi connectivity index (χ1v) is 8.95. The SMILES string of the molecule is Cc1ccc(S(=O)(=O)CC2CSc3nc(C)nn32)cc1. The fraction of sp³-hybridized carbons (Fsp3) is 0.385. The first-order chi connectivity index (χ1) is 9.45. The molecule has 7 heteroatoms. The topological polar surface area (TPSA) is 64.8 Å². The number of sulfone groups is 1. The lowest BCUT2D eigenvalue weighted by molar-refractivity contribution is 0.502. The van der Waals surface area contributed by atoms with E-state index < -0.39 is 9.84 Å². The van der Waals surface area contributed by atoms with Crippen LogP contribution in [0.5, 0.6) is 0 Å². The number of hydrogen-bond acceptors (Lipinski definition) is 5. The first kappa shape index (κ1) is 13.6. The molecule has 0 fully saturated rings. The summed E-state index contributed by atoms with van der Waals surface area (Å²) in [5.74, 6) is 1.46. The molecule has 1 atom stereocenters. The first-order valence-electron chi connectivity index (χ1n) is 6.31. The van der Waals surface area contributed by atoms with E-state index in [2.05, 4.69) is 10.1 Å². The molecule has 1 aliphatic rings. The standard InChI is InChI=1S/C13H15N3O2S2/c1-9-3-5-12(6-4-9)20(17,18)8-11-7-19-13-14-10(2)15-16(11)13/h3-6,11H,7-8H2,1-2H3. The zero-order valence-electron chi connectivity index (χ0n) is 11.3. The summed E-state index contributed by atoms with van der Waals surface area (Å²) in [6.45, 7) is 3.76. The fourth-order valence-electron chi connectivity index (χ4n) is 2.20. The third kappa shape index (κ3) is 2.47. The van der Waals surface area contributed by atoms with Crippen LogP contribution in [0.4, 0.5) is 0 Å². The third-order valence-electron chi connectivity index (χ3n) is 3.25. The van der Waals surface area contributed by atoms with Crippen molar-refractivity contribution >= 4 is 21.6 Å². The van der Waals surface area contributed by atoms with Crippen LogP contribution in [0.3, 0.4) is 0 Å². The van der Waals surface area contributed by atoms with Gasteiger partial charge in [0, 0.05) is 5.75 Å². The van der Waals surface area contributed by atoms with Crippen molar-refractivity contribution in [1.82, 2.24) is 14.8 Å². The molecule has 1 aliphatic heterocycles. The van der Waals surface area contributed by atoms with Gasteiger partial charge in [0.05, 0.1) is 16.7 Å². The Labute approximate surface area is 122 Å². The number of hydrogen-bond donors (Lipinski definition) is 0. The number of thioether (sulfide) groups is 1. The van der Waals surface area contributed by atoms with Gasteiger partial charge < -0.3 is 0 Å².